The molecule has 100 valence electrons. The van der Waals surface area contributed by atoms with Crippen LogP contribution >= 0.6 is 0 Å². The van der Waals surface area contributed by atoms with Crippen LogP contribution in [0.15, 0.2) is 35.1 Å². The predicted molar refractivity (Wildman–Crippen MR) is 75.2 cm³/mol. The second-order valence-corrected chi connectivity index (χ2v) is 5.39. The standard InChI is InChI=1S/C15H19N3O/c1-17-14-5-3-2-4-12(14)10-13(15(17)19)11-18-8-6-16-7-9-18/h2-5,10,16H,6-9,11H2,1H3/p+2. The van der Waals surface area contributed by atoms with Gasteiger partial charge in [0.1, 0.15) is 32.7 Å². The van der Waals surface area contributed by atoms with Gasteiger partial charge in [0.2, 0.25) is 0 Å². The molecule has 0 amide bonds. The van der Waals surface area contributed by atoms with Gasteiger partial charge in [0.15, 0.2) is 0 Å². The predicted octanol–water partition coefficient (Wildman–Crippen LogP) is -1.50. The third-order valence-electron chi connectivity index (χ3n) is 4.05. The molecule has 2 heterocycles. The number of aryl methyl sites for hydroxylation is 1. The molecule has 3 rings (SSSR count). The summed E-state index contributed by atoms with van der Waals surface area (Å²) in [5.41, 5.74) is 2.11. The summed E-state index contributed by atoms with van der Waals surface area (Å²) in [5.74, 6) is 0. The number of quaternary nitrogens is 2. The number of piperazine rings is 1. The number of rotatable bonds is 2. The molecule has 0 spiro atoms. The normalized spacial score (nSPS) is 16.9. The van der Waals surface area contributed by atoms with E-state index in [0.717, 1.165) is 36.1 Å². The summed E-state index contributed by atoms with van der Waals surface area (Å²) in [4.78, 5) is 13.9. The second kappa shape index (κ2) is 5.15. The van der Waals surface area contributed by atoms with Crippen molar-refractivity contribution >= 4 is 10.9 Å². The summed E-state index contributed by atoms with van der Waals surface area (Å²) in [6, 6.07) is 10.2. The quantitative estimate of drug-likeness (QED) is 0.677. The lowest BCUT2D eigenvalue weighted by Gasteiger charge is -2.22. The lowest BCUT2D eigenvalue weighted by atomic mass is 10.1. The van der Waals surface area contributed by atoms with Crippen LogP contribution < -0.4 is 15.8 Å². The molecule has 0 saturated carbocycles. The van der Waals surface area contributed by atoms with Crippen LogP contribution in [0.4, 0.5) is 0 Å². The molecule has 1 aromatic heterocycles. The lowest BCUT2D eigenvalue weighted by Crippen LogP contribution is -3.19. The van der Waals surface area contributed by atoms with E-state index in [1.54, 1.807) is 4.57 Å². The molecule has 1 saturated heterocycles. The van der Waals surface area contributed by atoms with Crippen molar-refractivity contribution in [2.75, 3.05) is 26.2 Å². The van der Waals surface area contributed by atoms with E-state index in [9.17, 15) is 4.79 Å². The number of hydrogen-bond donors (Lipinski definition) is 2. The summed E-state index contributed by atoms with van der Waals surface area (Å²) in [6.45, 7) is 5.49. The monoisotopic (exact) mass is 259 g/mol. The van der Waals surface area contributed by atoms with E-state index in [1.165, 1.54) is 18.0 Å². The molecule has 2 aromatic rings. The molecule has 1 aliphatic heterocycles. The molecule has 19 heavy (non-hydrogen) atoms. The van der Waals surface area contributed by atoms with E-state index in [1.807, 2.05) is 25.2 Å². The second-order valence-electron chi connectivity index (χ2n) is 5.39. The third kappa shape index (κ3) is 2.41. The maximum atomic E-state index is 12.4. The van der Waals surface area contributed by atoms with Gasteiger partial charge >= 0.3 is 0 Å². The van der Waals surface area contributed by atoms with Gasteiger partial charge in [-0.05, 0) is 17.5 Å². The Labute approximate surface area is 112 Å². The van der Waals surface area contributed by atoms with E-state index < -0.39 is 0 Å². The number of nitrogens with zero attached hydrogens (tertiary/aromatic N) is 1. The van der Waals surface area contributed by atoms with Crippen molar-refractivity contribution < 1.29 is 10.2 Å². The summed E-state index contributed by atoms with van der Waals surface area (Å²) >= 11 is 0. The molecule has 0 bridgehead atoms. The molecule has 0 aliphatic carbocycles. The minimum atomic E-state index is 0.153. The fourth-order valence-electron chi connectivity index (χ4n) is 2.94. The van der Waals surface area contributed by atoms with Crippen LogP contribution in [0.25, 0.3) is 10.9 Å². The van der Waals surface area contributed by atoms with Crippen LogP contribution in [0, 0.1) is 0 Å². The van der Waals surface area contributed by atoms with Crippen LogP contribution in [0.5, 0.6) is 0 Å². The van der Waals surface area contributed by atoms with Crippen molar-refractivity contribution in [2.45, 2.75) is 6.54 Å². The first kappa shape index (κ1) is 12.4. The van der Waals surface area contributed by atoms with Crippen molar-refractivity contribution in [1.82, 2.24) is 4.57 Å². The molecule has 3 N–H and O–H groups in total. The average Bonchev–Trinajstić information content (AvgIpc) is 2.46. The highest BCUT2D eigenvalue weighted by molar-refractivity contribution is 5.79. The molecule has 0 radical (unpaired) electrons. The Morgan fingerprint density at radius 2 is 2.00 bits per heavy atom. The number of pyridine rings is 1. The Kier molecular flexibility index (Phi) is 3.36. The molecule has 4 heteroatoms. The fraction of sp³-hybridized carbons (Fsp3) is 0.400. The molecule has 1 aliphatic rings. The van der Waals surface area contributed by atoms with Crippen LogP contribution in [-0.2, 0) is 13.6 Å². The number of benzene rings is 1. The Morgan fingerprint density at radius 1 is 1.26 bits per heavy atom. The number of nitrogens with one attached hydrogen (secondary N) is 1. The average molecular weight is 259 g/mol. The van der Waals surface area contributed by atoms with E-state index in [0.29, 0.717) is 0 Å². The Hall–Kier alpha value is -1.65. The van der Waals surface area contributed by atoms with Gasteiger partial charge in [-0.2, -0.15) is 0 Å². The summed E-state index contributed by atoms with van der Waals surface area (Å²) in [6.07, 6.45) is 0. The highest BCUT2D eigenvalue weighted by Gasteiger charge is 2.18. The first-order valence-corrected chi connectivity index (χ1v) is 6.98. The van der Waals surface area contributed by atoms with Gasteiger partial charge < -0.3 is 14.8 Å². The maximum absolute atomic E-state index is 12.4. The van der Waals surface area contributed by atoms with Gasteiger partial charge in [-0.25, -0.2) is 0 Å². The molecular formula is C15H21N3O+2. The van der Waals surface area contributed by atoms with Crippen molar-refractivity contribution in [2.24, 2.45) is 7.05 Å². The van der Waals surface area contributed by atoms with Crippen molar-refractivity contribution in [3.8, 4) is 0 Å². The molecule has 1 aromatic carbocycles. The van der Waals surface area contributed by atoms with Crippen LogP contribution in [0.3, 0.4) is 0 Å². The lowest BCUT2D eigenvalue weighted by molar-refractivity contribution is -0.958. The Balaban J connectivity index is 1.99. The number of nitrogens with two attached hydrogens (primary N) is 1. The van der Waals surface area contributed by atoms with Crippen LogP contribution in [0.1, 0.15) is 5.56 Å². The number of fused-ring (bicyclic) bond motifs is 1. The molecular weight excluding hydrogens is 238 g/mol. The van der Waals surface area contributed by atoms with E-state index in [-0.39, 0.29) is 5.56 Å². The van der Waals surface area contributed by atoms with Crippen molar-refractivity contribution in [3.05, 3.63) is 46.2 Å². The highest BCUT2D eigenvalue weighted by Crippen LogP contribution is 2.11. The van der Waals surface area contributed by atoms with Gasteiger partial charge in [0.05, 0.1) is 11.1 Å². The number of hydrogen-bond acceptors (Lipinski definition) is 1. The SMILES string of the molecule is Cn1c(=O)c(C[NH+]2CC[NH2+]CC2)cc2ccccc21. The smallest absolute Gasteiger partial charge is 0.259 e. The number of aromatic nitrogens is 1. The molecule has 0 unspecified atom stereocenters. The van der Waals surface area contributed by atoms with Gasteiger partial charge in [-0.15, -0.1) is 0 Å². The third-order valence-corrected chi connectivity index (χ3v) is 4.05. The van der Waals surface area contributed by atoms with E-state index in [2.05, 4.69) is 17.4 Å². The van der Waals surface area contributed by atoms with Crippen LogP contribution in [-0.4, -0.2) is 30.7 Å². The molecule has 1 fully saturated rings. The first-order valence-electron chi connectivity index (χ1n) is 6.98. The zero-order valence-corrected chi connectivity index (χ0v) is 11.4. The summed E-state index contributed by atoms with van der Waals surface area (Å²) < 4.78 is 1.78. The zero-order valence-electron chi connectivity index (χ0n) is 11.4. The van der Waals surface area contributed by atoms with Crippen molar-refractivity contribution in [1.29, 1.82) is 0 Å². The van der Waals surface area contributed by atoms with Gasteiger partial charge in [0, 0.05) is 7.05 Å². The number of para-hydroxylation sites is 1. The van der Waals surface area contributed by atoms with Crippen LogP contribution in [0.2, 0.25) is 0 Å². The van der Waals surface area contributed by atoms with Gasteiger partial charge in [-0.1, -0.05) is 18.2 Å². The Bertz CT molecular complexity index is 641. The van der Waals surface area contributed by atoms with E-state index in [4.69, 9.17) is 0 Å². The largest absolute Gasteiger partial charge is 0.337 e. The van der Waals surface area contributed by atoms with E-state index >= 15 is 0 Å². The summed E-state index contributed by atoms with van der Waals surface area (Å²) in [5, 5.41) is 3.50. The minimum absolute atomic E-state index is 0.153. The van der Waals surface area contributed by atoms with Crippen molar-refractivity contribution in [3.63, 3.8) is 0 Å². The maximum Gasteiger partial charge on any atom is 0.259 e. The first-order chi connectivity index (χ1) is 9.25. The molecule has 0 atom stereocenters. The highest BCUT2D eigenvalue weighted by atomic mass is 16.1. The molecule has 4 nitrogen and oxygen atoms in total. The summed E-state index contributed by atoms with van der Waals surface area (Å²) in [7, 11) is 1.87. The topological polar surface area (TPSA) is 43.0 Å². The zero-order chi connectivity index (χ0) is 13.2. The minimum Gasteiger partial charge on any atom is -0.337 e. The Morgan fingerprint density at radius 3 is 2.79 bits per heavy atom. The van der Waals surface area contributed by atoms with Gasteiger partial charge in [-0.3, -0.25) is 4.79 Å². The van der Waals surface area contributed by atoms with Gasteiger partial charge in [0.25, 0.3) is 5.56 Å². The fourth-order valence-corrected chi connectivity index (χ4v) is 2.94.